The Labute approximate surface area is 109 Å². The summed E-state index contributed by atoms with van der Waals surface area (Å²) in [5, 5.41) is 2.58. The second-order valence-corrected chi connectivity index (χ2v) is 3.87. The van der Waals surface area contributed by atoms with Crippen LogP contribution in [-0.2, 0) is 15.7 Å². The van der Waals surface area contributed by atoms with Crippen molar-refractivity contribution in [1.82, 2.24) is 5.32 Å². The number of halogens is 3. The quantitative estimate of drug-likeness (QED) is 0.809. The molecule has 105 valence electrons. The van der Waals surface area contributed by atoms with E-state index in [1.54, 1.807) is 0 Å². The van der Waals surface area contributed by atoms with Crippen LogP contribution in [0.5, 0.6) is 0 Å². The van der Waals surface area contributed by atoms with Crippen molar-refractivity contribution in [3.63, 3.8) is 0 Å². The highest BCUT2D eigenvalue weighted by molar-refractivity contribution is 5.77. The van der Waals surface area contributed by atoms with Gasteiger partial charge in [0.2, 0.25) is 5.91 Å². The average molecular weight is 274 g/mol. The van der Waals surface area contributed by atoms with Gasteiger partial charge < -0.3 is 10.1 Å². The Morgan fingerprint density at radius 3 is 2.79 bits per heavy atom. The highest BCUT2D eigenvalue weighted by Gasteiger charge is 2.30. The first-order valence-corrected chi connectivity index (χ1v) is 5.69. The molecule has 0 aliphatic heterocycles. The molecule has 3 nitrogen and oxygen atoms in total. The van der Waals surface area contributed by atoms with Crippen LogP contribution < -0.4 is 5.32 Å². The summed E-state index contributed by atoms with van der Waals surface area (Å²) in [7, 11) is 1.51. The molecule has 0 atom stereocenters. The molecule has 1 aromatic rings. The lowest BCUT2D eigenvalue weighted by Gasteiger charge is -2.08. The van der Waals surface area contributed by atoms with Gasteiger partial charge in [0.05, 0.1) is 12.2 Å². The standard InChI is InChI=1S/C13H15F3NO2/c1-19-8-7-17-12(18)6-5-10-3-2-4-11(9-10)13(14,15)16/h2-5,9H,6-8H2,1H3,(H,17,18). The number of alkyl halides is 3. The van der Waals surface area contributed by atoms with Gasteiger partial charge in [0.25, 0.3) is 0 Å². The van der Waals surface area contributed by atoms with E-state index in [4.69, 9.17) is 4.74 Å². The molecule has 0 aliphatic carbocycles. The lowest BCUT2D eigenvalue weighted by Crippen LogP contribution is -2.26. The molecule has 6 heteroatoms. The molecule has 1 radical (unpaired) electrons. The van der Waals surface area contributed by atoms with E-state index in [9.17, 15) is 18.0 Å². The molecular weight excluding hydrogens is 259 g/mol. The number of carbonyl (C=O) groups excluding carboxylic acids is 1. The van der Waals surface area contributed by atoms with E-state index < -0.39 is 11.7 Å². The minimum Gasteiger partial charge on any atom is -0.383 e. The van der Waals surface area contributed by atoms with Crippen LogP contribution in [0.1, 0.15) is 17.5 Å². The van der Waals surface area contributed by atoms with Crippen molar-refractivity contribution < 1.29 is 22.7 Å². The normalized spacial score (nSPS) is 11.4. The van der Waals surface area contributed by atoms with E-state index in [0.717, 1.165) is 12.1 Å². The van der Waals surface area contributed by atoms with Crippen LogP contribution in [0, 0.1) is 6.42 Å². The molecule has 1 rings (SSSR count). The maximum absolute atomic E-state index is 12.5. The van der Waals surface area contributed by atoms with E-state index in [0.29, 0.717) is 18.7 Å². The minimum atomic E-state index is -4.37. The van der Waals surface area contributed by atoms with Gasteiger partial charge in [0.1, 0.15) is 0 Å². The van der Waals surface area contributed by atoms with Gasteiger partial charge in [-0.15, -0.1) is 0 Å². The summed E-state index contributed by atoms with van der Waals surface area (Å²) < 4.78 is 42.2. The molecule has 0 spiro atoms. The minimum absolute atomic E-state index is 0.0328. The zero-order chi connectivity index (χ0) is 14.3. The number of methoxy groups -OCH3 is 1. The van der Waals surface area contributed by atoms with E-state index in [-0.39, 0.29) is 12.3 Å². The van der Waals surface area contributed by atoms with Gasteiger partial charge in [-0.3, -0.25) is 4.79 Å². The Bertz CT molecular complexity index is 419. The van der Waals surface area contributed by atoms with E-state index in [1.807, 2.05) is 0 Å². The Hall–Kier alpha value is -1.56. The zero-order valence-electron chi connectivity index (χ0n) is 10.5. The van der Waals surface area contributed by atoms with Crippen molar-refractivity contribution in [3.8, 4) is 0 Å². The van der Waals surface area contributed by atoms with Crippen LogP contribution in [0.2, 0.25) is 0 Å². The number of benzene rings is 1. The third-order valence-corrected chi connectivity index (χ3v) is 2.37. The maximum Gasteiger partial charge on any atom is 0.416 e. The average Bonchev–Trinajstić information content (AvgIpc) is 2.36. The molecule has 1 amide bonds. The van der Waals surface area contributed by atoms with Gasteiger partial charge >= 0.3 is 6.18 Å². The first-order chi connectivity index (χ1) is 8.93. The number of hydrogen-bond donors (Lipinski definition) is 1. The summed E-state index contributed by atoms with van der Waals surface area (Å²) in [5.74, 6) is -0.255. The van der Waals surface area contributed by atoms with Gasteiger partial charge in [-0.25, -0.2) is 0 Å². The summed E-state index contributed by atoms with van der Waals surface area (Å²) in [4.78, 5) is 11.4. The van der Waals surface area contributed by atoms with Crippen LogP contribution in [0.4, 0.5) is 13.2 Å². The fraction of sp³-hybridized carbons (Fsp3) is 0.385. The van der Waals surface area contributed by atoms with Crippen LogP contribution in [0.25, 0.3) is 0 Å². The van der Waals surface area contributed by atoms with Crippen molar-refractivity contribution in [2.45, 2.75) is 12.6 Å². The Kier molecular flexibility index (Phi) is 5.82. The molecular formula is C13H15F3NO2. The third kappa shape index (κ3) is 5.74. The monoisotopic (exact) mass is 274 g/mol. The van der Waals surface area contributed by atoms with E-state index >= 15 is 0 Å². The fourth-order valence-corrected chi connectivity index (χ4v) is 1.42. The van der Waals surface area contributed by atoms with E-state index in [1.165, 1.54) is 25.7 Å². The lowest BCUT2D eigenvalue weighted by atomic mass is 10.1. The molecule has 0 unspecified atom stereocenters. The second-order valence-electron chi connectivity index (χ2n) is 3.87. The predicted molar refractivity (Wildman–Crippen MR) is 64.3 cm³/mol. The first-order valence-electron chi connectivity index (χ1n) is 5.69. The van der Waals surface area contributed by atoms with Crippen molar-refractivity contribution >= 4 is 5.91 Å². The fourth-order valence-electron chi connectivity index (χ4n) is 1.42. The number of ether oxygens (including phenoxy) is 1. The maximum atomic E-state index is 12.5. The molecule has 0 bridgehead atoms. The van der Waals surface area contributed by atoms with Crippen LogP contribution in [0.15, 0.2) is 24.3 Å². The summed E-state index contributed by atoms with van der Waals surface area (Å²) in [6.07, 6.45) is -2.88. The molecule has 19 heavy (non-hydrogen) atoms. The number of rotatable bonds is 6. The van der Waals surface area contributed by atoms with Gasteiger partial charge in [0, 0.05) is 20.1 Å². The van der Waals surface area contributed by atoms with Crippen LogP contribution >= 0.6 is 0 Å². The topological polar surface area (TPSA) is 38.3 Å². The van der Waals surface area contributed by atoms with Crippen molar-refractivity contribution in [1.29, 1.82) is 0 Å². The molecule has 1 N–H and O–H groups in total. The molecule has 0 saturated carbocycles. The van der Waals surface area contributed by atoms with Crippen LogP contribution in [0.3, 0.4) is 0 Å². The van der Waals surface area contributed by atoms with Crippen molar-refractivity contribution in [2.75, 3.05) is 20.3 Å². The molecule has 0 aromatic heterocycles. The molecule has 1 aromatic carbocycles. The van der Waals surface area contributed by atoms with Crippen molar-refractivity contribution in [2.24, 2.45) is 0 Å². The third-order valence-electron chi connectivity index (χ3n) is 2.37. The van der Waals surface area contributed by atoms with Gasteiger partial charge in [0.15, 0.2) is 0 Å². The molecule has 0 aliphatic rings. The number of amides is 1. The van der Waals surface area contributed by atoms with Gasteiger partial charge in [-0.1, -0.05) is 18.2 Å². The molecule has 0 saturated heterocycles. The lowest BCUT2D eigenvalue weighted by molar-refractivity contribution is -0.137. The zero-order valence-corrected chi connectivity index (χ0v) is 10.5. The summed E-state index contributed by atoms with van der Waals surface area (Å²) in [5.41, 5.74) is -0.349. The molecule has 0 fully saturated rings. The Morgan fingerprint density at radius 2 is 2.16 bits per heavy atom. The summed E-state index contributed by atoms with van der Waals surface area (Å²) in [6.45, 7) is 0.779. The smallest absolute Gasteiger partial charge is 0.383 e. The van der Waals surface area contributed by atoms with Crippen LogP contribution in [-0.4, -0.2) is 26.2 Å². The number of carbonyl (C=O) groups is 1. The Balaban J connectivity index is 2.47. The SMILES string of the molecule is COCCNC(=O)C[CH]c1cccc(C(F)(F)F)c1. The van der Waals surface area contributed by atoms with Gasteiger partial charge in [-0.2, -0.15) is 13.2 Å². The predicted octanol–water partition coefficient (Wildman–Crippen LogP) is 2.41. The second kappa shape index (κ2) is 7.13. The first kappa shape index (κ1) is 15.5. The highest BCUT2D eigenvalue weighted by Crippen LogP contribution is 2.29. The van der Waals surface area contributed by atoms with Gasteiger partial charge in [-0.05, 0) is 18.1 Å². The largest absolute Gasteiger partial charge is 0.416 e. The number of hydrogen-bond acceptors (Lipinski definition) is 2. The summed E-state index contributed by atoms with van der Waals surface area (Å²) in [6, 6.07) is 4.85. The summed E-state index contributed by atoms with van der Waals surface area (Å²) >= 11 is 0. The highest BCUT2D eigenvalue weighted by atomic mass is 19.4. The van der Waals surface area contributed by atoms with E-state index in [2.05, 4.69) is 5.32 Å². The number of nitrogens with one attached hydrogen (secondary N) is 1. The molecule has 0 heterocycles. The van der Waals surface area contributed by atoms with Crippen molar-refractivity contribution in [3.05, 3.63) is 41.8 Å². The Morgan fingerprint density at radius 1 is 1.42 bits per heavy atom.